The SMILES string of the molecule is FCOc1ccc2c(c1)NCCC2. The largest absolute Gasteiger partial charge is 0.463 e. The number of benzene rings is 1. The summed E-state index contributed by atoms with van der Waals surface area (Å²) in [6, 6.07) is 5.66. The summed E-state index contributed by atoms with van der Waals surface area (Å²) in [4.78, 5) is 0. The standard InChI is InChI=1S/C10H12FNO/c11-7-13-9-4-3-8-2-1-5-12-10(8)6-9/h3-4,6,12H,1-2,5,7H2. The number of aryl methyl sites for hydroxylation is 1. The molecule has 1 heterocycles. The van der Waals surface area contributed by atoms with Gasteiger partial charge in [0.15, 0.2) is 0 Å². The zero-order valence-electron chi connectivity index (χ0n) is 7.35. The van der Waals surface area contributed by atoms with Gasteiger partial charge in [0.1, 0.15) is 5.75 Å². The van der Waals surface area contributed by atoms with Crippen LogP contribution in [0.3, 0.4) is 0 Å². The van der Waals surface area contributed by atoms with Crippen LogP contribution in [0, 0.1) is 0 Å². The lowest BCUT2D eigenvalue weighted by Gasteiger charge is -2.18. The van der Waals surface area contributed by atoms with Crippen molar-refractivity contribution in [3.63, 3.8) is 0 Å². The second-order valence-corrected chi connectivity index (χ2v) is 3.10. The number of hydrogen-bond donors (Lipinski definition) is 1. The number of rotatable bonds is 2. The number of anilines is 1. The molecule has 0 unspecified atom stereocenters. The van der Waals surface area contributed by atoms with Crippen LogP contribution in [-0.2, 0) is 6.42 Å². The van der Waals surface area contributed by atoms with Crippen LogP contribution >= 0.6 is 0 Å². The molecule has 3 heteroatoms. The Bertz CT molecular complexity index is 301. The lowest BCUT2D eigenvalue weighted by molar-refractivity contribution is 0.192. The maximum Gasteiger partial charge on any atom is 0.228 e. The van der Waals surface area contributed by atoms with Crippen LogP contribution in [0.1, 0.15) is 12.0 Å². The van der Waals surface area contributed by atoms with E-state index in [-0.39, 0.29) is 0 Å². The second kappa shape index (κ2) is 3.64. The fourth-order valence-electron chi connectivity index (χ4n) is 1.59. The average molecular weight is 181 g/mol. The lowest BCUT2D eigenvalue weighted by atomic mass is 10.0. The third kappa shape index (κ3) is 1.74. The van der Waals surface area contributed by atoms with Gasteiger partial charge in [0.25, 0.3) is 0 Å². The molecule has 0 aliphatic carbocycles. The first-order valence-electron chi connectivity index (χ1n) is 4.46. The first-order chi connectivity index (χ1) is 6.40. The minimum Gasteiger partial charge on any atom is -0.463 e. The fraction of sp³-hybridized carbons (Fsp3) is 0.400. The molecule has 0 atom stereocenters. The van der Waals surface area contributed by atoms with Crippen molar-refractivity contribution in [2.24, 2.45) is 0 Å². The molecule has 2 nitrogen and oxygen atoms in total. The highest BCUT2D eigenvalue weighted by Gasteiger charge is 2.08. The van der Waals surface area contributed by atoms with Crippen LogP contribution in [-0.4, -0.2) is 13.4 Å². The van der Waals surface area contributed by atoms with Crippen molar-refractivity contribution in [1.82, 2.24) is 0 Å². The third-order valence-electron chi connectivity index (χ3n) is 2.24. The van der Waals surface area contributed by atoms with Crippen molar-refractivity contribution in [2.75, 3.05) is 18.7 Å². The van der Waals surface area contributed by atoms with Gasteiger partial charge in [-0.3, -0.25) is 0 Å². The molecule has 0 spiro atoms. The molecular formula is C10H12FNO. The Balaban J connectivity index is 2.24. The van der Waals surface area contributed by atoms with Crippen molar-refractivity contribution < 1.29 is 9.13 Å². The Hall–Kier alpha value is -1.25. The summed E-state index contributed by atoms with van der Waals surface area (Å²) in [5.41, 5.74) is 2.37. The van der Waals surface area contributed by atoms with E-state index in [1.54, 1.807) is 0 Å². The van der Waals surface area contributed by atoms with Crippen molar-refractivity contribution >= 4 is 5.69 Å². The van der Waals surface area contributed by atoms with Gasteiger partial charge in [-0.2, -0.15) is 0 Å². The number of ether oxygens (including phenoxy) is 1. The van der Waals surface area contributed by atoms with Gasteiger partial charge in [0.05, 0.1) is 0 Å². The monoisotopic (exact) mass is 181 g/mol. The summed E-state index contributed by atoms with van der Waals surface area (Å²) in [5.74, 6) is 0.593. The van der Waals surface area contributed by atoms with Gasteiger partial charge in [-0.05, 0) is 24.5 Å². The number of nitrogens with one attached hydrogen (secondary N) is 1. The zero-order chi connectivity index (χ0) is 9.10. The van der Waals surface area contributed by atoms with Gasteiger partial charge in [0.2, 0.25) is 6.86 Å². The van der Waals surface area contributed by atoms with E-state index in [0.717, 1.165) is 25.1 Å². The second-order valence-electron chi connectivity index (χ2n) is 3.10. The molecule has 0 saturated heterocycles. The number of fused-ring (bicyclic) bond motifs is 1. The van der Waals surface area contributed by atoms with E-state index < -0.39 is 6.86 Å². The summed E-state index contributed by atoms with van der Waals surface area (Å²) in [6.07, 6.45) is 2.26. The molecule has 0 bridgehead atoms. The molecule has 13 heavy (non-hydrogen) atoms. The number of hydrogen-bond acceptors (Lipinski definition) is 2. The van der Waals surface area contributed by atoms with Crippen LogP contribution in [0.25, 0.3) is 0 Å². The summed E-state index contributed by atoms with van der Waals surface area (Å²) in [6.45, 7) is 0.227. The molecule has 1 aromatic rings. The molecule has 0 radical (unpaired) electrons. The number of alkyl halides is 1. The van der Waals surface area contributed by atoms with E-state index in [0.29, 0.717) is 5.75 Å². The Morgan fingerprint density at radius 2 is 2.38 bits per heavy atom. The molecular weight excluding hydrogens is 169 g/mol. The molecule has 0 saturated carbocycles. The highest BCUT2D eigenvalue weighted by molar-refractivity contribution is 5.56. The minimum absolute atomic E-state index is 0.593. The van der Waals surface area contributed by atoms with Crippen molar-refractivity contribution in [1.29, 1.82) is 0 Å². The molecule has 70 valence electrons. The topological polar surface area (TPSA) is 21.3 Å². The molecule has 0 aromatic heterocycles. The van der Waals surface area contributed by atoms with Crippen molar-refractivity contribution in [2.45, 2.75) is 12.8 Å². The third-order valence-corrected chi connectivity index (χ3v) is 2.24. The minimum atomic E-state index is -0.765. The van der Waals surface area contributed by atoms with Gasteiger partial charge in [-0.15, -0.1) is 0 Å². The summed E-state index contributed by atoms with van der Waals surface area (Å²) < 4.78 is 16.6. The first kappa shape index (κ1) is 8.35. The maximum absolute atomic E-state index is 11.9. The van der Waals surface area contributed by atoms with E-state index >= 15 is 0 Å². The fourth-order valence-corrected chi connectivity index (χ4v) is 1.59. The van der Waals surface area contributed by atoms with Gasteiger partial charge < -0.3 is 10.1 Å². The summed E-state index contributed by atoms with van der Waals surface area (Å²) >= 11 is 0. The molecule has 1 aromatic carbocycles. The van der Waals surface area contributed by atoms with Crippen LogP contribution in [0.2, 0.25) is 0 Å². The molecule has 1 N–H and O–H groups in total. The van der Waals surface area contributed by atoms with Crippen LogP contribution in [0.15, 0.2) is 18.2 Å². The first-order valence-corrected chi connectivity index (χ1v) is 4.46. The number of halogens is 1. The van der Waals surface area contributed by atoms with Crippen molar-refractivity contribution in [3.05, 3.63) is 23.8 Å². The van der Waals surface area contributed by atoms with E-state index in [4.69, 9.17) is 4.74 Å². The Morgan fingerprint density at radius 3 is 3.23 bits per heavy atom. The Morgan fingerprint density at radius 1 is 1.46 bits per heavy atom. The van der Waals surface area contributed by atoms with Crippen LogP contribution in [0.4, 0.5) is 10.1 Å². The lowest BCUT2D eigenvalue weighted by Crippen LogP contribution is -2.11. The Labute approximate surface area is 76.7 Å². The molecule has 1 aliphatic heterocycles. The smallest absolute Gasteiger partial charge is 0.228 e. The quantitative estimate of drug-likeness (QED) is 0.756. The maximum atomic E-state index is 11.9. The molecule has 2 rings (SSSR count). The summed E-state index contributed by atoms with van der Waals surface area (Å²) in [5, 5.41) is 3.26. The average Bonchev–Trinajstić information content (AvgIpc) is 2.18. The van der Waals surface area contributed by atoms with Crippen molar-refractivity contribution in [3.8, 4) is 5.75 Å². The predicted octanol–water partition coefficient (Wildman–Crippen LogP) is 2.35. The Kier molecular flexibility index (Phi) is 2.34. The highest BCUT2D eigenvalue weighted by Crippen LogP contribution is 2.26. The zero-order valence-corrected chi connectivity index (χ0v) is 7.35. The highest BCUT2D eigenvalue weighted by atomic mass is 19.1. The van der Waals surface area contributed by atoms with Crippen LogP contribution in [0.5, 0.6) is 5.75 Å². The van der Waals surface area contributed by atoms with Gasteiger partial charge >= 0.3 is 0 Å². The van der Waals surface area contributed by atoms with E-state index in [2.05, 4.69) is 5.32 Å². The van der Waals surface area contributed by atoms with E-state index in [9.17, 15) is 4.39 Å². The van der Waals surface area contributed by atoms with E-state index in [1.165, 1.54) is 5.56 Å². The summed E-state index contributed by atoms with van der Waals surface area (Å²) in [7, 11) is 0. The van der Waals surface area contributed by atoms with Crippen LogP contribution < -0.4 is 10.1 Å². The van der Waals surface area contributed by atoms with Gasteiger partial charge in [0, 0.05) is 18.3 Å². The predicted molar refractivity (Wildman–Crippen MR) is 49.9 cm³/mol. The van der Waals surface area contributed by atoms with Gasteiger partial charge in [-0.1, -0.05) is 6.07 Å². The van der Waals surface area contributed by atoms with E-state index in [1.807, 2.05) is 18.2 Å². The normalized spacial score (nSPS) is 14.5. The van der Waals surface area contributed by atoms with Gasteiger partial charge in [-0.25, -0.2) is 4.39 Å². The molecule has 0 fully saturated rings. The molecule has 1 aliphatic rings. The molecule has 0 amide bonds.